The van der Waals surface area contributed by atoms with Crippen molar-refractivity contribution in [1.29, 1.82) is 0 Å². The molecule has 0 fully saturated rings. The molecule has 14 heavy (non-hydrogen) atoms. The minimum Gasteiger partial charge on any atom is -0.323 e. The van der Waals surface area contributed by atoms with Crippen molar-refractivity contribution in [2.45, 2.75) is 25.4 Å². The van der Waals surface area contributed by atoms with Gasteiger partial charge in [-0.1, -0.05) is 18.2 Å². The third-order valence-electron chi connectivity index (χ3n) is 2.81. The zero-order valence-corrected chi connectivity index (χ0v) is 8.15. The van der Waals surface area contributed by atoms with Gasteiger partial charge in [0.1, 0.15) is 0 Å². The Morgan fingerprint density at radius 3 is 2.64 bits per heavy atom. The van der Waals surface area contributed by atoms with Crippen molar-refractivity contribution in [2.75, 3.05) is 5.32 Å². The minimum absolute atomic E-state index is 0.264. The monoisotopic (exact) mass is 192 g/mol. The molecule has 0 radical (unpaired) electrons. The fourth-order valence-corrected chi connectivity index (χ4v) is 1.96. The smallest absolute Gasteiger partial charge is 0.293 e. The van der Waals surface area contributed by atoms with Crippen molar-refractivity contribution in [3.8, 4) is 0 Å². The van der Waals surface area contributed by atoms with Crippen LogP contribution in [-0.4, -0.2) is 11.1 Å². The predicted molar refractivity (Wildman–Crippen MR) is 53.9 cm³/mol. The van der Waals surface area contributed by atoms with Crippen molar-refractivity contribution >= 4 is 5.69 Å². The van der Waals surface area contributed by atoms with Crippen molar-refractivity contribution in [3.05, 3.63) is 39.9 Å². The molecule has 0 bridgehead atoms. The highest BCUT2D eigenvalue weighted by atomic mass is 16.6. The fourth-order valence-electron chi connectivity index (χ4n) is 1.96. The lowest BCUT2D eigenvalue weighted by Gasteiger charge is -2.19. The first-order chi connectivity index (χ1) is 6.53. The van der Waals surface area contributed by atoms with Crippen LogP contribution in [0.1, 0.15) is 19.4 Å². The maximum absolute atomic E-state index is 10.8. The summed E-state index contributed by atoms with van der Waals surface area (Å²) in [5.41, 5.74) is 1.45. The Morgan fingerprint density at radius 2 is 2.07 bits per heavy atom. The normalized spacial score (nSPS) is 22.6. The maximum Gasteiger partial charge on any atom is 0.293 e. The second-order valence-electron chi connectivity index (χ2n) is 4.10. The lowest BCUT2D eigenvalue weighted by atomic mass is 9.84. The van der Waals surface area contributed by atoms with Gasteiger partial charge < -0.3 is 5.32 Å². The molecule has 0 saturated carbocycles. The summed E-state index contributed by atoms with van der Waals surface area (Å²) in [4.78, 5) is 10.6. The topological polar surface area (TPSA) is 55.2 Å². The molecule has 4 heteroatoms. The molecule has 1 unspecified atom stereocenters. The molecule has 1 atom stereocenters. The average molecular weight is 192 g/mol. The van der Waals surface area contributed by atoms with E-state index < -0.39 is 11.6 Å². The first kappa shape index (κ1) is 8.99. The van der Waals surface area contributed by atoms with E-state index in [1.54, 1.807) is 0 Å². The van der Waals surface area contributed by atoms with Crippen LogP contribution in [0, 0.1) is 10.1 Å². The Labute approximate surface area is 82.1 Å². The van der Waals surface area contributed by atoms with Crippen molar-refractivity contribution in [1.82, 2.24) is 0 Å². The van der Waals surface area contributed by atoms with Crippen LogP contribution in [0.5, 0.6) is 0 Å². The molecule has 0 aromatic heterocycles. The highest BCUT2D eigenvalue weighted by Crippen LogP contribution is 2.40. The van der Waals surface area contributed by atoms with E-state index in [4.69, 9.17) is 0 Å². The standard InChI is InChI=1S/C10H12N2O2/c1-10(2)7-5-3-4-6-8(7)11-9(10)12(13)14/h3-6,9,11H,1-2H3. The largest absolute Gasteiger partial charge is 0.323 e. The van der Waals surface area contributed by atoms with Gasteiger partial charge in [-0.25, -0.2) is 0 Å². The van der Waals surface area contributed by atoms with E-state index in [1.165, 1.54) is 0 Å². The van der Waals surface area contributed by atoms with E-state index >= 15 is 0 Å². The molecule has 1 N–H and O–H groups in total. The number of hydrogen-bond donors (Lipinski definition) is 1. The van der Waals surface area contributed by atoms with E-state index in [2.05, 4.69) is 5.32 Å². The van der Waals surface area contributed by atoms with E-state index in [0.717, 1.165) is 11.3 Å². The molecule has 1 aromatic carbocycles. The van der Waals surface area contributed by atoms with Crippen LogP contribution in [0.3, 0.4) is 0 Å². The van der Waals surface area contributed by atoms with Gasteiger partial charge in [-0.3, -0.25) is 10.1 Å². The number of nitrogens with one attached hydrogen (secondary N) is 1. The summed E-state index contributed by atoms with van der Waals surface area (Å²) in [6, 6.07) is 7.60. The number of benzene rings is 1. The molecule has 0 amide bonds. The van der Waals surface area contributed by atoms with Crippen LogP contribution >= 0.6 is 0 Å². The van der Waals surface area contributed by atoms with Gasteiger partial charge in [0.15, 0.2) is 0 Å². The number of fused-ring (bicyclic) bond motifs is 1. The summed E-state index contributed by atoms with van der Waals surface area (Å²) < 4.78 is 0. The number of nitrogens with zero attached hydrogens (tertiary/aromatic N) is 1. The Hall–Kier alpha value is -1.58. The van der Waals surface area contributed by atoms with E-state index in [1.807, 2.05) is 38.1 Å². The summed E-state index contributed by atoms with van der Waals surface area (Å²) in [5, 5.41) is 13.8. The van der Waals surface area contributed by atoms with Crippen molar-refractivity contribution in [2.24, 2.45) is 0 Å². The first-order valence-corrected chi connectivity index (χ1v) is 4.53. The zero-order valence-electron chi connectivity index (χ0n) is 8.15. The lowest BCUT2D eigenvalue weighted by molar-refractivity contribution is -0.524. The van der Waals surface area contributed by atoms with Gasteiger partial charge in [0.25, 0.3) is 6.17 Å². The third kappa shape index (κ3) is 1.07. The van der Waals surface area contributed by atoms with Crippen molar-refractivity contribution < 1.29 is 4.92 Å². The Kier molecular flexibility index (Phi) is 1.74. The van der Waals surface area contributed by atoms with Crippen LogP contribution in [-0.2, 0) is 5.41 Å². The van der Waals surface area contributed by atoms with Gasteiger partial charge in [0.05, 0.1) is 5.41 Å². The van der Waals surface area contributed by atoms with E-state index in [9.17, 15) is 10.1 Å². The van der Waals surface area contributed by atoms with Gasteiger partial charge in [-0.2, -0.15) is 0 Å². The highest BCUT2D eigenvalue weighted by Gasteiger charge is 2.47. The molecule has 0 aliphatic carbocycles. The Morgan fingerprint density at radius 1 is 1.43 bits per heavy atom. The molecule has 0 spiro atoms. The van der Waals surface area contributed by atoms with E-state index in [0.29, 0.717) is 0 Å². The Bertz CT molecular complexity index is 387. The molecule has 74 valence electrons. The third-order valence-corrected chi connectivity index (χ3v) is 2.81. The fraction of sp³-hybridized carbons (Fsp3) is 0.400. The average Bonchev–Trinajstić information content (AvgIpc) is 2.39. The maximum atomic E-state index is 10.8. The summed E-state index contributed by atoms with van der Waals surface area (Å²) in [7, 11) is 0. The van der Waals surface area contributed by atoms with Crippen LogP contribution in [0.2, 0.25) is 0 Å². The summed E-state index contributed by atoms with van der Waals surface area (Å²) in [5.74, 6) is 0. The minimum atomic E-state index is -0.722. The molecular formula is C10H12N2O2. The Balaban J connectivity index is 2.50. The second-order valence-corrected chi connectivity index (χ2v) is 4.10. The van der Waals surface area contributed by atoms with Crippen LogP contribution in [0.15, 0.2) is 24.3 Å². The van der Waals surface area contributed by atoms with Crippen molar-refractivity contribution in [3.63, 3.8) is 0 Å². The van der Waals surface area contributed by atoms with E-state index in [-0.39, 0.29) is 4.92 Å². The first-order valence-electron chi connectivity index (χ1n) is 4.53. The molecule has 0 saturated heterocycles. The zero-order chi connectivity index (χ0) is 10.3. The number of para-hydroxylation sites is 1. The number of rotatable bonds is 1. The quantitative estimate of drug-likeness (QED) is 0.547. The predicted octanol–water partition coefficient (Wildman–Crippen LogP) is 1.99. The second kappa shape index (κ2) is 2.70. The molecule has 1 aliphatic heterocycles. The SMILES string of the molecule is CC1(C)c2ccccc2NC1[N+](=O)[O-]. The van der Waals surface area contributed by atoms with Gasteiger partial charge in [-0.05, 0) is 25.5 Å². The molecule has 4 nitrogen and oxygen atoms in total. The van der Waals surface area contributed by atoms with Gasteiger partial charge >= 0.3 is 0 Å². The molecule has 2 rings (SSSR count). The van der Waals surface area contributed by atoms with Crippen LogP contribution in [0.4, 0.5) is 5.69 Å². The number of hydrogen-bond acceptors (Lipinski definition) is 3. The van der Waals surface area contributed by atoms with Crippen LogP contribution in [0.25, 0.3) is 0 Å². The van der Waals surface area contributed by atoms with Gasteiger partial charge in [0.2, 0.25) is 0 Å². The molecular weight excluding hydrogens is 180 g/mol. The van der Waals surface area contributed by atoms with Gasteiger partial charge in [0, 0.05) is 10.6 Å². The summed E-state index contributed by atoms with van der Waals surface area (Å²) in [6.45, 7) is 3.78. The molecule has 1 heterocycles. The highest BCUT2D eigenvalue weighted by molar-refractivity contribution is 5.60. The summed E-state index contributed by atoms with van der Waals surface area (Å²) >= 11 is 0. The molecule has 1 aliphatic rings. The number of nitro groups is 1. The lowest BCUT2D eigenvalue weighted by Crippen LogP contribution is -2.39. The van der Waals surface area contributed by atoms with Crippen LogP contribution < -0.4 is 5.32 Å². The molecule has 1 aromatic rings. The number of anilines is 1. The van der Waals surface area contributed by atoms with Gasteiger partial charge in [-0.15, -0.1) is 0 Å². The summed E-state index contributed by atoms with van der Waals surface area (Å²) in [6.07, 6.45) is -0.722.